The zero-order valence-electron chi connectivity index (χ0n) is 23.9. The SMILES string of the molecule is Cc1nc(N[C@@H]2C[C@H]3CC[C@@H]2C3)nc(N[C@@H]2C[C@H](CO)[C@H]3OC(c4ccccc4)O[C@H]32)c1-c1nc2c(C)nccc2s1. The lowest BCUT2D eigenvalue weighted by atomic mass is 9.95. The standard InChI is InChI=1S/C32H36N6O3S/c1-16-25(30-37-26-17(2)33-11-10-24(26)42-30)29(38-32(34-16)36-22-13-18-8-9-20(22)12-18)35-23-14-21(15-39)27-28(23)41-31(40-27)19-6-4-3-5-7-19/h3-7,10-11,18,20-23,27-28,31,39H,8-9,12-15H2,1-2H3,(H2,34,35,36,38)/t18-,20+,21+,22+,23+,27+,28-,31?/m0/s1. The molecule has 0 radical (unpaired) electrons. The Balaban J connectivity index is 1.15. The number of aliphatic hydroxyl groups is 1. The van der Waals surface area contributed by atoms with E-state index in [9.17, 15) is 5.11 Å². The molecule has 0 amide bonds. The number of aromatic nitrogens is 4. The van der Waals surface area contributed by atoms with Crippen LogP contribution in [0.3, 0.4) is 0 Å². The minimum Gasteiger partial charge on any atom is -0.396 e. The highest BCUT2D eigenvalue weighted by atomic mass is 32.1. The molecule has 0 spiro atoms. The molecule has 8 rings (SSSR count). The molecular formula is C32H36N6O3S. The third-order valence-corrected chi connectivity index (χ3v) is 10.8. The Hall–Kier alpha value is -3.18. The zero-order chi connectivity index (χ0) is 28.4. The first kappa shape index (κ1) is 26.4. The lowest BCUT2D eigenvalue weighted by Gasteiger charge is -2.25. The van der Waals surface area contributed by atoms with Crippen LogP contribution in [0, 0.1) is 31.6 Å². The van der Waals surface area contributed by atoms with Gasteiger partial charge in [0.05, 0.1) is 33.8 Å². The molecule has 10 heteroatoms. The molecule has 3 N–H and O–H groups in total. The highest BCUT2D eigenvalue weighted by Gasteiger charge is 2.52. The quantitative estimate of drug-likeness (QED) is 0.254. The maximum absolute atomic E-state index is 10.3. The highest BCUT2D eigenvalue weighted by Crippen LogP contribution is 2.47. The largest absolute Gasteiger partial charge is 0.396 e. The Morgan fingerprint density at radius 2 is 1.76 bits per heavy atom. The Labute approximate surface area is 249 Å². The van der Waals surface area contributed by atoms with Crippen LogP contribution >= 0.6 is 11.3 Å². The van der Waals surface area contributed by atoms with Crippen LogP contribution < -0.4 is 10.6 Å². The van der Waals surface area contributed by atoms with Crippen molar-refractivity contribution < 1.29 is 14.6 Å². The van der Waals surface area contributed by atoms with Gasteiger partial charge in [0.15, 0.2) is 6.29 Å². The summed E-state index contributed by atoms with van der Waals surface area (Å²) in [6.45, 7) is 4.08. The Morgan fingerprint density at radius 1 is 0.905 bits per heavy atom. The van der Waals surface area contributed by atoms with Crippen molar-refractivity contribution in [2.45, 2.75) is 76.5 Å². The van der Waals surface area contributed by atoms with Gasteiger partial charge in [-0.1, -0.05) is 36.8 Å². The Kier molecular flexibility index (Phi) is 6.62. The maximum atomic E-state index is 10.3. The lowest BCUT2D eigenvalue weighted by molar-refractivity contribution is -0.0866. The molecule has 1 saturated heterocycles. The molecule has 218 valence electrons. The minimum atomic E-state index is -0.457. The maximum Gasteiger partial charge on any atom is 0.225 e. The van der Waals surface area contributed by atoms with Gasteiger partial charge < -0.3 is 25.2 Å². The van der Waals surface area contributed by atoms with Gasteiger partial charge in [-0.15, -0.1) is 11.3 Å². The van der Waals surface area contributed by atoms with Crippen molar-refractivity contribution in [3.8, 4) is 10.6 Å². The first-order chi connectivity index (χ1) is 20.5. The van der Waals surface area contributed by atoms with Gasteiger partial charge in [-0.2, -0.15) is 4.98 Å². The van der Waals surface area contributed by atoms with Gasteiger partial charge >= 0.3 is 0 Å². The smallest absolute Gasteiger partial charge is 0.225 e. The second-order valence-corrected chi connectivity index (χ2v) is 13.4. The molecule has 1 aliphatic heterocycles. The first-order valence-electron chi connectivity index (χ1n) is 15.1. The van der Waals surface area contributed by atoms with Crippen molar-refractivity contribution in [3.63, 3.8) is 0 Å². The van der Waals surface area contributed by atoms with Crippen LogP contribution in [0.1, 0.15) is 55.3 Å². The van der Waals surface area contributed by atoms with Gasteiger partial charge in [0.25, 0.3) is 0 Å². The number of fused-ring (bicyclic) bond motifs is 4. The highest BCUT2D eigenvalue weighted by molar-refractivity contribution is 7.21. The number of thiazole rings is 1. The molecule has 8 atom stereocenters. The van der Waals surface area contributed by atoms with Crippen LogP contribution in [0.4, 0.5) is 11.8 Å². The van der Waals surface area contributed by atoms with Gasteiger partial charge in [0.2, 0.25) is 5.95 Å². The third kappa shape index (κ3) is 4.56. The van der Waals surface area contributed by atoms with Crippen molar-refractivity contribution in [2.75, 3.05) is 17.2 Å². The topological polar surface area (TPSA) is 114 Å². The average Bonchev–Trinajstić information content (AvgIpc) is 3.81. The second-order valence-electron chi connectivity index (χ2n) is 12.4. The molecule has 9 nitrogen and oxygen atoms in total. The predicted octanol–water partition coefficient (Wildman–Crippen LogP) is 5.64. The number of benzene rings is 1. The van der Waals surface area contributed by atoms with Crippen molar-refractivity contribution in [1.29, 1.82) is 0 Å². The fraction of sp³-hybridized carbons (Fsp3) is 0.500. The number of nitrogens with one attached hydrogen (secondary N) is 2. The number of hydrogen-bond acceptors (Lipinski definition) is 10. The fourth-order valence-corrected chi connectivity index (χ4v) is 8.82. The molecule has 1 unspecified atom stereocenters. The normalized spacial score (nSPS) is 31.6. The molecule has 3 saturated carbocycles. The molecule has 1 aromatic carbocycles. The Bertz CT molecular complexity index is 1610. The van der Waals surface area contributed by atoms with E-state index in [1.54, 1.807) is 11.3 Å². The summed E-state index contributed by atoms with van der Waals surface area (Å²) in [7, 11) is 0. The average molecular weight is 585 g/mol. The van der Waals surface area contributed by atoms with Crippen molar-refractivity contribution in [3.05, 3.63) is 59.5 Å². The molecular weight excluding hydrogens is 548 g/mol. The van der Waals surface area contributed by atoms with E-state index in [1.807, 2.05) is 56.4 Å². The van der Waals surface area contributed by atoms with E-state index in [0.29, 0.717) is 24.3 Å². The minimum absolute atomic E-state index is 0.0320. The van der Waals surface area contributed by atoms with Crippen molar-refractivity contribution in [1.82, 2.24) is 19.9 Å². The predicted molar refractivity (Wildman–Crippen MR) is 162 cm³/mol. The number of rotatable bonds is 7. The number of ether oxygens (including phenoxy) is 2. The molecule has 4 heterocycles. The van der Waals surface area contributed by atoms with E-state index < -0.39 is 6.29 Å². The molecule has 4 aliphatic rings. The van der Waals surface area contributed by atoms with Crippen molar-refractivity contribution in [2.24, 2.45) is 17.8 Å². The number of hydrogen-bond donors (Lipinski definition) is 3. The summed E-state index contributed by atoms with van der Waals surface area (Å²) >= 11 is 1.63. The van der Waals surface area contributed by atoms with E-state index in [1.165, 1.54) is 25.7 Å². The molecule has 42 heavy (non-hydrogen) atoms. The van der Waals surface area contributed by atoms with Crippen LogP contribution in [0.5, 0.6) is 0 Å². The summed E-state index contributed by atoms with van der Waals surface area (Å²) in [5.41, 5.74) is 4.58. The summed E-state index contributed by atoms with van der Waals surface area (Å²) in [4.78, 5) is 19.5. The van der Waals surface area contributed by atoms with E-state index in [-0.39, 0.29) is 30.8 Å². The summed E-state index contributed by atoms with van der Waals surface area (Å²) in [5.74, 6) is 2.90. The summed E-state index contributed by atoms with van der Waals surface area (Å²) in [6, 6.07) is 12.3. The van der Waals surface area contributed by atoms with Gasteiger partial charge in [-0.25, -0.2) is 9.97 Å². The summed E-state index contributed by atoms with van der Waals surface area (Å²) in [5, 5.41) is 18.6. The van der Waals surface area contributed by atoms with E-state index in [0.717, 1.165) is 49.5 Å². The van der Waals surface area contributed by atoms with Gasteiger partial charge in [-0.3, -0.25) is 4.98 Å². The fourth-order valence-electron chi connectivity index (χ4n) is 7.71. The molecule has 2 bridgehead atoms. The number of aryl methyl sites for hydroxylation is 2. The number of pyridine rings is 1. The van der Waals surface area contributed by atoms with Crippen LogP contribution in [0.25, 0.3) is 20.8 Å². The van der Waals surface area contributed by atoms with Crippen LogP contribution in [-0.4, -0.2) is 55.9 Å². The third-order valence-electron chi connectivity index (χ3n) is 9.78. The van der Waals surface area contributed by atoms with Crippen LogP contribution in [-0.2, 0) is 9.47 Å². The number of anilines is 2. The second kappa shape index (κ2) is 10.5. The van der Waals surface area contributed by atoms with Crippen LogP contribution in [0.15, 0.2) is 42.6 Å². The van der Waals surface area contributed by atoms with E-state index in [4.69, 9.17) is 24.4 Å². The van der Waals surface area contributed by atoms with E-state index in [2.05, 4.69) is 15.6 Å². The van der Waals surface area contributed by atoms with Crippen molar-refractivity contribution >= 4 is 33.3 Å². The van der Waals surface area contributed by atoms with E-state index >= 15 is 0 Å². The number of nitrogens with zero attached hydrogens (tertiary/aromatic N) is 4. The van der Waals surface area contributed by atoms with Gasteiger partial charge in [0.1, 0.15) is 22.4 Å². The first-order valence-corrected chi connectivity index (χ1v) is 16.0. The summed E-state index contributed by atoms with van der Waals surface area (Å²) in [6.07, 6.45) is 6.81. The molecule has 4 aromatic rings. The summed E-state index contributed by atoms with van der Waals surface area (Å²) < 4.78 is 14.0. The number of aliphatic hydroxyl groups excluding tert-OH is 1. The van der Waals surface area contributed by atoms with Gasteiger partial charge in [-0.05, 0) is 57.4 Å². The monoisotopic (exact) mass is 584 g/mol. The van der Waals surface area contributed by atoms with Gasteiger partial charge in [0, 0.05) is 30.3 Å². The molecule has 3 aromatic heterocycles. The Morgan fingerprint density at radius 3 is 2.52 bits per heavy atom. The lowest BCUT2D eigenvalue weighted by Crippen LogP contribution is -2.34. The molecule has 4 fully saturated rings. The zero-order valence-corrected chi connectivity index (χ0v) is 24.7. The molecule has 3 aliphatic carbocycles. The van der Waals surface area contributed by atoms with Crippen LogP contribution in [0.2, 0.25) is 0 Å².